The first kappa shape index (κ1) is 8.94. The Bertz CT molecular complexity index is 256. The van der Waals surface area contributed by atoms with Gasteiger partial charge in [-0.1, -0.05) is 24.3 Å². The lowest BCUT2D eigenvalue weighted by molar-refractivity contribution is 0.810. The topological polar surface area (TPSA) is 35.9 Å². The van der Waals surface area contributed by atoms with Crippen LogP contribution in [-0.4, -0.2) is 13.3 Å². The fourth-order valence-corrected chi connectivity index (χ4v) is 1.23. The zero-order chi connectivity index (χ0) is 8.81. The number of benzene rings is 1. The molecule has 0 spiro atoms. The minimum atomic E-state index is 0.734. The molecule has 2 heteroatoms. The van der Waals surface area contributed by atoms with Gasteiger partial charge < -0.3 is 10.7 Å². The van der Waals surface area contributed by atoms with Crippen LogP contribution in [0.4, 0.5) is 0 Å². The maximum Gasteiger partial charge on any atom is 0.0205 e. The highest BCUT2D eigenvalue weighted by atomic mass is 14.8. The van der Waals surface area contributed by atoms with Crippen molar-refractivity contribution in [2.45, 2.75) is 13.0 Å². The molecule has 1 aromatic rings. The van der Waals surface area contributed by atoms with Gasteiger partial charge in [0.2, 0.25) is 0 Å². The summed E-state index contributed by atoms with van der Waals surface area (Å²) in [7, 11) is 1.93. The van der Waals surface area contributed by atoms with Gasteiger partial charge in [0.1, 0.15) is 0 Å². The summed E-state index contributed by atoms with van der Waals surface area (Å²) in [6.45, 7) is 0.879. The molecule has 1 aromatic carbocycles. The normalized spacial score (nSPS) is 9.75. The van der Waals surface area contributed by atoms with Crippen molar-refractivity contribution in [1.82, 2.24) is 5.32 Å². The third-order valence-corrected chi connectivity index (χ3v) is 1.81. The lowest BCUT2D eigenvalue weighted by Crippen LogP contribution is -2.07. The fraction of sp³-hybridized carbons (Fsp3) is 0.300. The summed E-state index contributed by atoms with van der Waals surface area (Å²) in [5, 5.41) is 10.1. The molecular weight excluding hydrogens is 148 g/mol. The van der Waals surface area contributed by atoms with E-state index in [1.807, 2.05) is 19.2 Å². The molecule has 0 heterocycles. The molecule has 0 aliphatic carbocycles. The van der Waals surface area contributed by atoms with Gasteiger partial charge in [-0.15, -0.1) is 0 Å². The molecule has 0 radical (unpaired) electrons. The Kier molecular flexibility index (Phi) is 3.48. The summed E-state index contributed by atoms with van der Waals surface area (Å²) >= 11 is 0. The molecule has 0 aliphatic heterocycles. The predicted molar refractivity (Wildman–Crippen MR) is 51.7 cm³/mol. The average molecular weight is 162 g/mol. The van der Waals surface area contributed by atoms with Gasteiger partial charge in [0.15, 0.2) is 0 Å². The highest BCUT2D eigenvalue weighted by Gasteiger charge is 1.97. The Morgan fingerprint density at radius 1 is 1.33 bits per heavy atom. The number of hydrogen-bond donors (Lipinski definition) is 2. The maximum atomic E-state index is 7.02. The molecule has 2 nitrogen and oxygen atoms in total. The van der Waals surface area contributed by atoms with Crippen molar-refractivity contribution < 1.29 is 0 Å². The molecule has 0 amide bonds. The van der Waals surface area contributed by atoms with Crippen molar-refractivity contribution in [3.8, 4) is 0 Å². The van der Waals surface area contributed by atoms with Crippen LogP contribution in [-0.2, 0) is 13.0 Å². The van der Waals surface area contributed by atoms with E-state index < -0.39 is 0 Å². The van der Waals surface area contributed by atoms with Gasteiger partial charge >= 0.3 is 0 Å². The second-order valence-corrected chi connectivity index (χ2v) is 2.71. The molecule has 0 aromatic heterocycles. The molecule has 0 fully saturated rings. The van der Waals surface area contributed by atoms with Crippen LogP contribution in [0.5, 0.6) is 0 Å². The molecular formula is C10H14N2. The van der Waals surface area contributed by atoms with Gasteiger partial charge in [-0.05, 0) is 24.4 Å². The smallest absolute Gasteiger partial charge is 0.0205 e. The van der Waals surface area contributed by atoms with Crippen molar-refractivity contribution in [2.24, 2.45) is 0 Å². The SMILES string of the molecule is CNCc1ccccc1CC=N. The van der Waals surface area contributed by atoms with Crippen LogP contribution in [0.15, 0.2) is 24.3 Å². The van der Waals surface area contributed by atoms with Crippen LogP contribution >= 0.6 is 0 Å². The Morgan fingerprint density at radius 3 is 2.58 bits per heavy atom. The Morgan fingerprint density at radius 2 is 2.00 bits per heavy atom. The van der Waals surface area contributed by atoms with Crippen molar-refractivity contribution in [1.29, 1.82) is 5.41 Å². The van der Waals surface area contributed by atoms with Crippen LogP contribution in [0.3, 0.4) is 0 Å². The van der Waals surface area contributed by atoms with Crippen molar-refractivity contribution in [2.75, 3.05) is 7.05 Å². The third-order valence-electron chi connectivity index (χ3n) is 1.81. The second kappa shape index (κ2) is 4.67. The molecule has 0 saturated carbocycles. The standard InChI is InChI=1S/C10H14N2/c1-12-8-10-5-3-2-4-9(10)6-7-11/h2-5,7,11-12H,6,8H2,1H3. The van der Waals surface area contributed by atoms with E-state index in [2.05, 4.69) is 17.4 Å². The minimum absolute atomic E-state index is 0.734. The molecule has 1 rings (SSSR count). The van der Waals surface area contributed by atoms with Crippen LogP contribution < -0.4 is 5.32 Å². The number of nitrogens with one attached hydrogen (secondary N) is 2. The van der Waals surface area contributed by atoms with E-state index in [-0.39, 0.29) is 0 Å². The molecule has 12 heavy (non-hydrogen) atoms. The van der Waals surface area contributed by atoms with Gasteiger partial charge in [0.05, 0.1) is 0 Å². The van der Waals surface area contributed by atoms with Crippen molar-refractivity contribution in [3.63, 3.8) is 0 Å². The highest BCUT2D eigenvalue weighted by Crippen LogP contribution is 2.07. The summed E-state index contributed by atoms with van der Waals surface area (Å²) in [6, 6.07) is 8.20. The van der Waals surface area contributed by atoms with Crippen LogP contribution in [0.25, 0.3) is 0 Å². The first-order valence-electron chi connectivity index (χ1n) is 4.08. The fourth-order valence-electron chi connectivity index (χ4n) is 1.23. The Hall–Kier alpha value is -1.15. The number of hydrogen-bond acceptors (Lipinski definition) is 2. The van der Waals surface area contributed by atoms with E-state index in [0.717, 1.165) is 13.0 Å². The monoisotopic (exact) mass is 162 g/mol. The highest BCUT2D eigenvalue weighted by molar-refractivity contribution is 5.58. The molecule has 0 bridgehead atoms. The van der Waals surface area contributed by atoms with Gasteiger partial charge in [-0.3, -0.25) is 0 Å². The summed E-state index contributed by atoms with van der Waals surface area (Å²) < 4.78 is 0. The van der Waals surface area contributed by atoms with Crippen LogP contribution in [0.2, 0.25) is 0 Å². The minimum Gasteiger partial charge on any atom is -0.316 e. The van der Waals surface area contributed by atoms with E-state index >= 15 is 0 Å². The van der Waals surface area contributed by atoms with E-state index in [4.69, 9.17) is 5.41 Å². The summed E-state index contributed by atoms with van der Waals surface area (Å²) in [4.78, 5) is 0. The average Bonchev–Trinajstić information content (AvgIpc) is 2.09. The molecule has 0 unspecified atom stereocenters. The lowest BCUT2D eigenvalue weighted by Gasteiger charge is -2.05. The van der Waals surface area contributed by atoms with E-state index in [9.17, 15) is 0 Å². The van der Waals surface area contributed by atoms with E-state index in [0.29, 0.717) is 0 Å². The van der Waals surface area contributed by atoms with E-state index in [1.54, 1.807) is 0 Å². The summed E-state index contributed by atoms with van der Waals surface area (Å²) in [6.07, 6.45) is 2.17. The predicted octanol–water partition coefficient (Wildman–Crippen LogP) is 1.60. The second-order valence-electron chi connectivity index (χ2n) is 2.71. The Labute approximate surface area is 73.1 Å². The van der Waals surface area contributed by atoms with Gasteiger partial charge in [0, 0.05) is 13.0 Å². The quantitative estimate of drug-likeness (QED) is 0.648. The lowest BCUT2D eigenvalue weighted by atomic mass is 10.1. The van der Waals surface area contributed by atoms with E-state index in [1.165, 1.54) is 17.3 Å². The van der Waals surface area contributed by atoms with Gasteiger partial charge in [0.25, 0.3) is 0 Å². The van der Waals surface area contributed by atoms with Crippen molar-refractivity contribution in [3.05, 3.63) is 35.4 Å². The van der Waals surface area contributed by atoms with Crippen molar-refractivity contribution >= 4 is 6.21 Å². The first-order valence-corrected chi connectivity index (χ1v) is 4.08. The first-order chi connectivity index (χ1) is 5.88. The third kappa shape index (κ3) is 2.17. The van der Waals surface area contributed by atoms with Gasteiger partial charge in [-0.2, -0.15) is 0 Å². The Balaban J connectivity index is 2.83. The molecule has 0 aliphatic rings. The molecule has 0 saturated heterocycles. The van der Waals surface area contributed by atoms with Gasteiger partial charge in [-0.25, -0.2) is 0 Å². The summed E-state index contributed by atoms with van der Waals surface area (Å²) in [5.74, 6) is 0. The summed E-state index contributed by atoms with van der Waals surface area (Å²) in [5.41, 5.74) is 2.52. The number of rotatable bonds is 4. The van der Waals surface area contributed by atoms with Crippen LogP contribution in [0.1, 0.15) is 11.1 Å². The molecule has 64 valence electrons. The zero-order valence-electron chi connectivity index (χ0n) is 7.30. The molecule has 0 atom stereocenters. The maximum absolute atomic E-state index is 7.02. The van der Waals surface area contributed by atoms with Crippen LogP contribution in [0, 0.1) is 5.41 Å². The molecule has 2 N–H and O–H groups in total. The largest absolute Gasteiger partial charge is 0.316 e. The zero-order valence-corrected chi connectivity index (χ0v) is 7.30.